The van der Waals surface area contributed by atoms with Gasteiger partial charge in [0.15, 0.2) is 0 Å². The minimum Gasteiger partial charge on any atom is -0.490 e. The number of rotatable bonds is 5. The first-order valence-corrected chi connectivity index (χ1v) is 13.0. The van der Waals surface area contributed by atoms with Crippen molar-refractivity contribution in [2.45, 2.75) is 95.3 Å². The summed E-state index contributed by atoms with van der Waals surface area (Å²) in [5.74, 6) is -0.728. The van der Waals surface area contributed by atoms with Crippen LogP contribution in [0.3, 0.4) is 0 Å². The van der Waals surface area contributed by atoms with Crippen LogP contribution in [0.15, 0.2) is 30.3 Å². The summed E-state index contributed by atoms with van der Waals surface area (Å²) in [5, 5.41) is 20.4. The number of hydrogen-bond donors (Lipinski definition) is 2. The predicted octanol–water partition coefficient (Wildman–Crippen LogP) is 6.00. The molecule has 8 heteroatoms. The maximum Gasteiger partial charge on any atom is 0.420 e. The number of aliphatic hydroxyl groups is 1. The number of halogens is 3. The molecule has 2 aromatic carbocycles. The van der Waals surface area contributed by atoms with Crippen LogP contribution in [0, 0.1) is 11.8 Å². The van der Waals surface area contributed by atoms with Gasteiger partial charge in [0, 0.05) is 18.6 Å². The first-order chi connectivity index (χ1) is 17.1. The van der Waals surface area contributed by atoms with Crippen molar-refractivity contribution in [3.05, 3.63) is 41.5 Å². The fourth-order valence-corrected chi connectivity index (χ4v) is 6.56. The van der Waals surface area contributed by atoms with Crippen molar-refractivity contribution < 1.29 is 32.9 Å². The summed E-state index contributed by atoms with van der Waals surface area (Å²) in [7, 11) is 0. The van der Waals surface area contributed by atoms with E-state index >= 15 is 0 Å². The van der Waals surface area contributed by atoms with Crippen molar-refractivity contribution in [2.75, 3.05) is 0 Å². The zero-order valence-electron chi connectivity index (χ0n) is 20.5. The second-order valence-electron chi connectivity index (χ2n) is 11.1. The number of carboxylic acid groups (broad SMARTS) is 1. The summed E-state index contributed by atoms with van der Waals surface area (Å²) in [6, 6.07) is 8.13. The molecule has 0 aromatic heterocycles. The Morgan fingerprint density at radius 1 is 1.03 bits per heavy atom. The Kier molecular flexibility index (Phi) is 6.94. The lowest BCUT2D eigenvalue weighted by Gasteiger charge is -2.49. The quantitative estimate of drug-likeness (QED) is 0.521. The van der Waals surface area contributed by atoms with Crippen LogP contribution in [-0.2, 0) is 17.5 Å². The Hall–Kier alpha value is -2.32. The minimum absolute atomic E-state index is 0.0518. The molecule has 5 rings (SSSR count). The highest BCUT2D eigenvalue weighted by Gasteiger charge is 2.43. The standard InChI is InChI=1S/C28H34F3NO4/c1-16-2-6-23(7-3-16)36-25-9-5-18-10-17(4-8-24(18)26(25)28(29,30)31)15-32-20-11-19(27(34)35)12-21(32)14-22(33)13-20/h4-5,8-10,16,19-23,33H,2-3,6-7,11-15H2,1H3,(H,34,35). The van der Waals surface area contributed by atoms with Crippen molar-refractivity contribution in [2.24, 2.45) is 11.8 Å². The molecular formula is C28H34F3NO4. The minimum atomic E-state index is -4.54. The second kappa shape index (κ2) is 9.86. The van der Waals surface area contributed by atoms with Crippen LogP contribution in [0.25, 0.3) is 10.8 Å². The van der Waals surface area contributed by atoms with Crippen molar-refractivity contribution in [1.29, 1.82) is 0 Å². The van der Waals surface area contributed by atoms with E-state index in [1.54, 1.807) is 18.2 Å². The molecule has 2 unspecified atom stereocenters. The summed E-state index contributed by atoms with van der Waals surface area (Å²) in [5.41, 5.74) is 0.165. The molecule has 2 atom stereocenters. The van der Waals surface area contributed by atoms with Gasteiger partial charge in [-0.15, -0.1) is 0 Å². The number of fused-ring (bicyclic) bond motifs is 3. The number of carbonyl (C=O) groups is 1. The van der Waals surface area contributed by atoms with Gasteiger partial charge >= 0.3 is 12.1 Å². The van der Waals surface area contributed by atoms with Gasteiger partial charge in [-0.25, -0.2) is 0 Å². The molecule has 3 aliphatic rings. The number of ether oxygens (including phenoxy) is 1. The van der Waals surface area contributed by atoms with E-state index in [9.17, 15) is 28.2 Å². The molecule has 5 nitrogen and oxygen atoms in total. The van der Waals surface area contributed by atoms with Crippen molar-refractivity contribution in [3.63, 3.8) is 0 Å². The Morgan fingerprint density at radius 3 is 2.31 bits per heavy atom. The Labute approximate surface area is 209 Å². The molecule has 2 N–H and O–H groups in total. The van der Waals surface area contributed by atoms with E-state index in [0.29, 0.717) is 43.5 Å². The highest BCUT2D eigenvalue weighted by molar-refractivity contribution is 5.89. The van der Waals surface area contributed by atoms with Crippen LogP contribution in [0.2, 0.25) is 0 Å². The number of nitrogens with zero attached hydrogens (tertiary/aromatic N) is 1. The molecule has 196 valence electrons. The second-order valence-corrected chi connectivity index (χ2v) is 11.1. The first-order valence-electron chi connectivity index (χ1n) is 13.0. The van der Waals surface area contributed by atoms with Gasteiger partial charge in [-0.05, 0) is 85.8 Å². The monoisotopic (exact) mass is 505 g/mol. The largest absolute Gasteiger partial charge is 0.490 e. The molecule has 2 heterocycles. The molecule has 36 heavy (non-hydrogen) atoms. The predicted molar refractivity (Wildman–Crippen MR) is 130 cm³/mol. The van der Waals surface area contributed by atoms with Crippen molar-refractivity contribution >= 4 is 16.7 Å². The summed E-state index contributed by atoms with van der Waals surface area (Å²) < 4.78 is 48.5. The fraction of sp³-hybridized carbons (Fsp3) is 0.607. The van der Waals surface area contributed by atoms with E-state index in [1.165, 1.54) is 12.1 Å². The number of piperidine rings is 2. The normalized spacial score (nSPS) is 31.4. The lowest BCUT2D eigenvalue weighted by molar-refractivity contribution is -0.148. The van der Waals surface area contributed by atoms with Crippen molar-refractivity contribution in [1.82, 2.24) is 4.90 Å². The van der Waals surface area contributed by atoms with E-state index in [-0.39, 0.29) is 29.3 Å². The third kappa shape index (κ3) is 5.21. The number of benzene rings is 2. The Balaban J connectivity index is 1.40. The summed E-state index contributed by atoms with van der Waals surface area (Å²) in [6.07, 6.45) is 0.298. The van der Waals surface area contributed by atoms with Gasteiger partial charge in [-0.1, -0.05) is 25.1 Å². The van der Waals surface area contributed by atoms with Crippen molar-refractivity contribution in [3.8, 4) is 5.75 Å². The number of alkyl halides is 3. The molecule has 2 aliphatic heterocycles. The van der Waals surface area contributed by atoms with Gasteiger partial charge in [0.05, 0.1) is 18.1 Å². The number of aliphatic hydroxyl groups excluding tert-OH is 1. The van der Waals surface area contributed by atoms with Crippen LogP contribution in [-0.4, -0.2) is 45.4 Å². The third-order valence-electron chi connectivity index (χ3n) is 8.44. The highest BCUT2D eigenvalue weighted by Crippen LogP contribution is 2.43. The van der Waals surface area contributed by atoms with E-state index < -0.39 is 29.7 Å². The van der Waals surface area contributed by atoms with Gasteiger partial charge in [-0.3, -0.25) is 9.69 Å². The average Bonchev–Trinajstić information content (AvgIpc) is 2.80. The van der Waals surface area contributed by atoms with Crippen LogP contribution in [0.4, 0.5) is 13.2 Å². The van der Waals surface area contributed by atoms with Gasteiger partial charge < -0.3 is 14.9 Å². The lowest BCUT2D eigenvalue weighted by Crippen LogP contribution is -2.55. The molecule has 0 radical (unpaired) electrons. The van der Waals surface area contributed by atoms with Gasteiger partial charge in [0.1, 0.15) is 11.3 Å². The molecule has 1 aliphatic carbocycles. The van der Waals surface area contributed by atoms with Crippen LogP contribution in [0.1, 0.15) is 69.4 Å². The SMILES string of the molecule is CC1CCC(Oc2ccc3cc(CN4C5CC(O)CC4CC(C(=O)O)C5)ccc3c2C(F)(F)F)CC1. The summed E-state index contributed by atoms with van der Waals surface area (Å²) in [4.78, 5) is 13.8. The summed E-state index contributed by atoms with van der Waals surface area (Å²) in [6.45, 7) is 2.68. The molecule has 2 saturated heterocycles. The molecule has 3 fully saturated rings. The van der Waals surface area contributed by atoms with Crippen LogP contribution < -0.4 is 4.74 Å². The lowest BCUT2D eigenvalue weighted by atomic mass is 9.77. The molecule has 1 saturated carbocycles. The van der Waals surface area contributed by atoms with Gasteiger partial charge in [-0.2, -0.15) is 13.2 Å². The van der Waals surface area contributed by atoms with Gasteiger partial charge in [0.25, 0.3) is 0 Å². The van der Waals surface area contributed by atoms with E-state index in [2.05, 4.69) is 11.8 Å². The smallest absolute Gasteiger partial charge is 0.420 e. The highest BCUT2D eigenvalue weighted by atomic mass is 19.4. The zero-order chi connectivity index (χ0) is 25.6. The molecule has 2 aromatic rings. The summed E-state index contributed by atoms with van der Waals surface area (Å²) >= 11 is 0. The number of hydrogen-bond acceptors (Lipinski definition) is 4. The maximum absolute atomic E-state index is 14.2. The molecule has 2 bridgehead atoms. The van der Waals surface area contributed by atoms with E-state index in [0.717, 1.165) is 31.2 Å². The Bertz CT molecular complexity index is 1100. The first kappa shape index (κ1) is 25.3. The Morgan fingerprint density at radius 2 is 1.69 bits per heavy atom. The van der Waals surface area contributed by atoms with Gasteiger partial charge in [0.2, 0.25) is 0 Å². The maximum atomic E-state index is 14.2. The number of carboxylic acids is 1. The zero-order valence-corrected chi connectivity index (χ0v) is 20.5. The molecule has 0 spiro atoms. The number of aliphatic carboxylic acids is 1. The third-order valence-corrected chi connectivity index (χ3v) is 8.44. The van der Waals surface area contributed by atoms with E-state index in [1.807, 2.05) is 0 Å². The molecular weight excluding hydrogens is 471 g/mol. The fourth-order valence-electron chi connectivity index (χ4n) is 6.56. The molecule has 0 amide bonds. The van der Waals surface area contributed by atoms with Crippen LogP contribution in [0.5, 0.6) is 5.75 Å². The average molecular weight is 506 g/mol. The topological polar surface area (TPSA) is 70.0 Å². The van der Waals surface area contributed by atoms with E-state index in [4.69, 9.17) is 4.74 Å². The van der Waals surface area contributed by atoms with Crippen LogP contribution >= 0.6 is 0 Å².